The maximum Gasteiger partial charge on any atom is 0.257 e. The number of aryl methyl sites for hydroxylation is 1. The zero-order valence-electron chi connectivity index (χ0n) is 15.6. The molecule has 2 rings (SSSR count). The monoisotopic (exact) mass is 340 g/mol. The molecule has 5 nitrogen and oxygen atoms in total. The second-order valence-corrected chi connectivity index (χ2v) is 5.98. The number of hydrogen-bond donors (Lipinski definition) is 2. The van der Waals surface area contributed by atoms with Gasteiger partial charge in [0.05, 0.1) is 5.56 Å². The van der Waals surface area contributed by atoms with Gasteiger partial charge >= 0.3 is 0 Å². The second-order valence-electron chi connectivity index (χ2n) is 5.98. The molecule has 0 saturated heterocycles. The van der Waals surface area contributed by atoms with Crippen molar-refractivity contribution in [2.24, 2.45) is 0 Å². The Morgan fingerprint density at radius 1 is 1.12 bits per heavy atom. The minimum atomic E-state index is -0.145. The van der Waals surface area contributed by atoms with Crippen molar-refractivity contribution < 1.29 is 4.79 Å². The molecule has 0 radical (unpaired) electrons. The second kappa shape index (κ2) is 9.06. The number of hydrogen-bond acceptors (Lipinski definition) is 4. The van der Waals surface area contributed by atoms with E-state index in [0.29, 0.717) is 5.56 Å². The van der Waals surface area contributed by atoms with Gasteiger partial charge in [-0.3, -0.25) is 4.79 Å². The van der Waals surface area contributed by atoms with Crippen molar-refractivity contribution in [1.82, 2.24) is 4.98 Å². The summed E-state index contributed by atoms with van der Waals surface area (Å²) in [4.78, 5) is 19.0. The van der Waals surface area contributed by atoms with E-state index in [0.717, 1.165) is 43.1 Å². The van der Waals surface area contributed by atoms with Gasteiger partial charge in [0, 0.05) is 37.2 Å². The molecule has 1 amide bonds. The predicted octanol–water partition coefficient (Wildman–Crippen LogP) is 4.31. The Hall–Kier alpha value is -2.56. The predicted molar refractivity (Wildman–Crippen MR) is 106 cm³/mol. The maximum atomic E-state index is 12.4. The number of carbonyl (C=O) groups excluding carboxylic acids is 1. The molecular weight excluding hydrogens is 312 g/mol. The summed E-state index contributed by atoms with van der Waals surface area (Å²) in [7, 11) is 0. The van der Waals surface area contributed by atoms with Crippen LogP contribution in [-0.2, 0) is 0 Å². The van der Waals surface area contributed by atoms with Gasteiger partial charge in [-0.1, -0.05) is 6.92 Å². The van der Waals surface area contributed by atoms with E-state index >= 15 is 0 Å². The summed E-state index contributed by atoms with van der Waals surface area (Å²) < 4.78 is 0. The first kappa shape index (κ1) is 18.8. The third-order valence-electron chi connectivity index (χ3n) is 4.17. The summed E-state index contributed by atoms with van der Waals surface area (Å²) in [5.41, 5.74) is 3.60. The van der Waals surface area contributed by atoms with E-state index in [9.17, 15) is 4.79 Å². The molecule has 1 heterocycles. The van der Waals surface area contributed by atoms with Gasteiger partial charge in [0.25, 0.3) is 5.91 Å². The first-order valence-corrected chi connectivity index (χ1v) is 8.95. The summed E-state index contributed by atoms with van der Waals surface area (Å²) in [5, 5.41) is 6.17. The van der Waals surface area contributed by atoms with E-state index in [1.165, 1.54) is 5.69 Å². The van der Waals surface area contributed by atoms with Crippen LogP contribution in [0.2, 0.25) is 0 Å². The van der Waals surface area contributed by atoms with E-state index in [1.54, 1.807) is 12.3 Å². The molecule has 2 N–H and O–H groups in total. The molecule has 1 aromatic carbocycles. The summed E-state index contributed by atoms with van der Waals surface area (Å²) in [5.74, 6) is 0.645. The lowest BCUT2D eigenvalue weighted by Crippen LogP contribution is -2.22. The van der Waals surface area contributed by atoms with Crippen LogP contribution in [0.5, 0.6) is 0 Å². The lowest BCUT2D eigenvalue weighted by Gasteiger charge is -2.22. The molecule has 25 heavy (non-hydrogen) atoms. The summed E-state index contributed by atoms with van der Waals surface area (Å²) >= 11 is 0. The van der Waals surface area contributed by atoms with Crippen LogP contribution in [0.15, 0.2) is 36.5 Å². The van der Waals surface area contributed by atoms with E-state index < -0.39 is 0 Å². The molecule has 0 unspecified atom stereocenters. The van der Waals surface area contributed by atoms with Crippen molar-refractivity contribution in [2.45, 2.75) is 34.1 Å². The van der Waals surface area contributed by atoms with Crippen LogP contribution in [0, 0.1) is 6.92 Å². The largest absolute Gasteiger partial charge is 0.372 e. The van der Waals surface area contributed by atoms with E-state index in [2.05, 4.69) is 47.4 Å². The number of rotatable bonds is 8. The smallest absolute Gasteiger partial charge is 0.257 e. The number of carbonyl (C=O) groups is 1. The fourth-order valence-corrected chi connectivity index (χ4v) is 2.65. The van der Waals surface area contributed by atoms with Gasteiger partial charge in [0.2, 0.25) is 0 Å². The van der Waals surface area contributed by atoms with Gasteiger partial charge in [0.1, 0.15) is 5.82 Å². The molecule has 0 atom stereocenters. The zero-order valence-corrected chi connectivity index (χ0v) is 15.6. The summed E-state index contributed by atoms with van der Waals surface area (Å²) in [6, 6.07) is 9.75. The van der Waals surface area contributed by atoms with Gasteiger partial charge in [-0.2, -0.15) is 0 Å². The van der Waals surface area contributed by atoms with Gasteiger partial charge < -0.3 is 15.5 Å². The third kappa shape index (κ3) is 4.95. The van der Waals surface area contributed by atoms with Gasteiger partial charge in [-0.05, 0) is 63.1 Å². The highest BCUT2D eigenvalue weighted by atomic mass is 16.1. The zero-order chi connectivity index (χ0) is 18.2. The Balaban J connectivity index is 2.07. The van der Waals surface area contributed by atoms with Gasteiger partial charge in [-0.25, -0.2) is 4.98 Å². The number of aromatic nitrogens is 1. The highest BCUT2D eigenvalue weighted by molar-refractivity contribution is 6.04. The Kier molecular flexibility index (Phi) is 6.81. The molecule has 1 aromatic heterocycles. The van der Waals surface area contributed by atoms with Gasteiger partial charge in [-0.15, -0.1) is 0 Å². The Morgan fingerprint density at radius 2 is 1.88 bits per heavy atom. The van der Waals surface area contributed by atoms with Crippen molar-refractivity contribution in [3.8, 4) is 0 Å². The molecule has 2 aromatic rings. The normalized spacial score (nSPS) is 10.4. The first-order valence-electron chi connectivity index (χ1n) is 8.95. The average molecular weight is 340 g/mol. The van der Waals surface area contributed by atoms with Crippen molar-refractivity contribution in [3.05, 3.63) is 47.7 Å². The molecule has 0 spiro atoms. The minimum Gasteiger partial charge on any atom is -0.372 e. The third-order valence-corrected chi connectivity index (χ3v) is 4.17. The molecule has 0 aliphatic heterocycles. The molecule has 0 aliphatic carbocycles. The van der Waals surface area contributed by atoms with Crippen molar-refractivity contribution >= 4 is 23.1 Å². The molecule has 0 fully saturated rings. The van der Waals surface area contributed by atoms with Crippen LogP contribution in [-0.4, -0.2) is 30.5 Å². The Bertz CT molecular complexity index is 693. The standard InChI is InChI=1S/C20H28N4O/c1-5-12-21-19-11-8-16(14-22-19)20(25)23-18-10-9-17(13-15(18)4)24(6-2)7-3/h8-11,13-14H,5-7,12H2,1-4H3,(H,21,22)(H,23,25). The van der Waals surface area contributed by atoms with E-state index in [-0.39, 0.29) is 5.91 Å². The van der Waals surface area contributed by atoms with Crippen LogP contribution in [0.25, 0.3) is 0 Å². The molecule has 5 heteroatoms. The number of pyridine rings is 1. The van der Waals surface area contributed by atoms with E-state index in [4.69, 9.17) is 0 Å². The summed E-state index contributed by atoms with van der Waals surface area (Å²) in [6.45, 7) is 11.2. The fraction of sp³-hybridized carbons (Fsp3) is 0.400. The van der Waals surface area contributed by atoms with Crippen molar-refractivity contribution in [2.75, 3.05) is 35.2 Å². The number of nitrogens with zero attached hydrogens (tertiary/aromatic N) is 2. The van der Waals surface area contributed by atoms with Crippen molar-refractivity contribution in [3.63, 3.8) is 0 Å². The average Bonchev–Trinajstić information content (AvgIpc) is 2.63. The molecule has 0 aliphatic rings. The van der Waals surface area contributed by atoms with Crippen molar-refractivity contribution in [1.29, 1.82) is 0 Å². The molecular formula is C20H28N4O. The highest BCUT2D eigenvalue weighted by Gasteiger charge is 2.10. The van der Waals surface area contributed by atoms with Crippen LogP contribution in [0.4, 0.5) is 17.2 Å². The first-order chi connectivity index (χ1) is 12.1. The highest BCUT2D eigenvalue weighted by Crippen LogP contribution is 2.23. The minimum absolute atomic E-state index is 0.145. The number of benzene rings is 1. The molecule has 0 saturated carbocycles. The lowest BCUT2D eigenvalue weighted by molar-refractivity contribution is 0.102. The van der Waals surface area contributed by atoms with Crippen LogP contribution < -0.4 is 15.5 Å². The maximum absolute atomic E-state index is 12.4. The quantitative estimate of drug-likeness (QED) is 0.752. The molecule has 0 bridgehead atoms. The number of anilines is 3. The van der Waals surface area contributed by atoms with Crippen LogP contribution in [0.1, 0.15) is 43.1 Å². The fourth-order valence-electron chi connectivity index (χ4n) is 2.65. The number of nitrogens with one attached hydrogen (secondary N) is 2. The number of amides is 1. The Labute approximate surface area is 150 Å². The van der Waals surface area contributed by atoms with E-state index in [1.807, 2.05) is 25.1 Å². The topological polar surface area (TPSA) is 57.3 Å². The molecule has 134 valence electrons. The van der Waals surface area contributed by atoms with Crippen LogP contribution in [0.3, 0.4) is 0 Å². The Morgan fingerprint density at radius 3 is 2.44 bits per heavy atom. The SMILES string of the molecule is CCCNc1ccc(C(=O)Nc2ccc(N(CC)CC)cc2C)cn1. The summed E-state index contributed by atoms with van der Waals surface area (Å²) in [6.07, 6.45) is 2.64. The lowest BCUT2D eigenvalue weighted by atomic mass is 10.1. The van der Waals surface area contributed by atoms with Gasteiger partial charge in [0.15, 0.2) is 0 Å². The van der Waals surface area contributed by atoms with Crippen LogP contribution >= 0.6 is 0 Å².